The third-order valence-corrected chi connectivity index (χ3v) is 23.6. The number of nitrogens with zero attached hydrogens (tertiary/aromatic N) is 4. The Balaban J connectivity index is 1.11. The predicted molar refractivity (Wildman–Crippen MR) is 495 cm³/mol. The van der Waals surface area contributed by atoms with Crippen LogP contribution in [0.4, 0.5) is 34.1 Å². The molecule has 13 aromatic carbocycles. The molecule has 2 aromatic heterocycles. The van der Waals surface area contributed by atoms with Crippen LogP contribution in [0.15, 0.2) is 267 Å². The van der Waals surface area contributed by atoms with Crippen LogP contribution >= 0.6 is 0 Å². The van der Waals surface area contributed by atoms with Crippen molar-refractivity contribution in [2.24, 2.45) is 16.2 Å². The van der Waals surface area contributed by atoms with Gasteiger partial charge in [-0.1, -0.05) is 327 Å². The van der Waals surface area contributed by atoms with Crippen LogP contribution in [0.1, 0.15) is 187 Å². The van der Waals surface area contributed by atoms with Gasteiger partial charge in [0.25, 0.3) is 6.71 Å². The number of anilines is 6. The average molecular weight is 1490 g/mol. The van der Waals surface area contributed by atoms with Gasteiger partial charge in [0, 0.05) is 80.7 Å². The largest absolute Gasteiger partial charge is 0.310 e. The van der Waals surface area contributed by atoms with Gasteiger partial charge in [-0.25, -0.2) is 0 Å². The fraction of sp³-hybridized carbons (Fsp3) is 0.284. The Kier molecular flexibility index (Phi) is 17.6. The van der Waals surface area contributed by atoms with Crippen LogP contribution in [-0.2, 0) is 40.9 Å². The van der Waals surface area contributed by atoms with Crippen molar-refractivity contribution in [2.75, 3.05) is 9.80 Å². The first-order valence-electron chi connectivity index (χ1n) is 42.5. The zero-order valence-electron chi connectivity index (χ0n) is 73.2. The summed E-state index contributed by atoms with van der Waals surface area (Å²) in [5.41, 5.74) is 31.3. The summed E-state index contributed by atoms with van der Waals surface area (Å²) < 4.78 is 27.3. The second-order valence-corrected chi connectivity index (χ2v) is 40.5. The van der Waals surface area contributed by atoms with E-state index in [0.29, 0.717) is 5.56 Å². The van der Waals surface area contributed by atoms with Crippen LogP contribution < -0.4 is 26.2 Å². The van der Waals surface area contributed by atoms with E-state index in [1.165, 1.54) is 54.9 Å². The zero-order chi connectivity index (χ0) is 82.0. The Morgan fingerprint density at radius 2 is 0.561 bits per heavy atom. The summed E-state index contributed by atoms with van der Waals surface area (Å²) in [7, 11) is 0. The lowest BCUT2D eigenvalue weighted by molar-refractivity contribution is 0.411. The molecule has 0 saturated carbocycles. The number of hydrogen-bond donors (Lipinski definition) is 0. The SMILES string of the molecule is [2H]C([2H])(c1cc2c3c(c1)N(c1c(-c4cccc(C(C)(C)C)c4)cc(CC(C)(C)C)cc1-c1cccc(C(C)(C)C)c1)c1cc(-n4c5ccccc5c5ccccc54)ccc1B3c1ccc(-n3c4ccccc4c4ccccc43)cc1N2c1c(-c2cccc(C(C)(C)C)c2)cc(CC(C)(C)C)cc1-c1cccc(C(C)(C)C)c1)C(C)(C)C. The van der Waals surface area contributed by atoms with Gasteiger partial charge in [0.2, 0.25) is 0 Å². The van der Waals surface area contributed by atoms with Gasteiger partial charge in [-0.15, -0.1) is 0 Å². The highest BCUT2D eigenvalue weighted by Gasteiger charge is 2.47. The maximum atomic E-state index is 11.2. The molecule has 17 rings (SSSR count). The normalized spacial score (nSPS) is 13.9. The molecule has 4 heterocycles. The van der Waals surface area contributed by atoms with Gasteiger partial charge >= 0.3 is 0 Å². The standard InChI is InChI=1S/C109H113BN4/c1-103(2,3)66-69-54-86(72-34-30-38-76(60-72)106(10,11)12)101(87(55-69)73-35-31-39-77(61-73)107(13,14)15)113-96-64-80(111-92-46-26-22-42-82(92)83-43-23-27-47-93(83)111)50-52-90(96)110-91-53-51-81(112-94-48-28-24-44-84(94)85-45-25-29-49-95(85)112)65-97(91)114(99-59-71(68-105(7,8)9)58-98(113)100(99)110)102-88(74-36-32-40-78(62-74)108(16,17)18)56-70(67-104(4,5)6)57-89(102)75-37-33-41-79(63-75)109(19,20)21/h22-65H,66-68H2,1-21H3/i68D2. The molecule has 4 nitrogen and oxygen atoms in total. The molecule has 0 N–H and O–H groups in total. The molecule has 5 heteroatoms. The van der Waals surface area contributed by atoms with Gasteiger partial charge in [0.1, 0.15) is 0 Å². The van der Waals surface area contributed by atoms with Crippen LogP contribution in [0.5, 0.6) is 0 Å². The van der Waals surface area contributed by atoms with Gasteiger partial charge in [0.15, 0.2) is 0 Å². The maximum absolute atomic E-state index is 11.2. The minimum Gasteiger partial charge on any atom is -0.310 e. The number of fused-ring (bicyclic) bond motifs is 10. The third kappa shape index (κ3) is 13.9. The Hall–Kier alpha value is -10.9. The summed E-state index contributed by atoms with van der Waals surface area (Å²) in [6, 6.07) is 103. The van der Waals surface area contributed by atoms with Crippen LogP contribution in [-0.4, -0.2) is 15.8 Å². The summed E-state index contributed by atoms with van der Waals surface area (Å²) in [6.07, 6.45) is -0.259. The van der Waals surface area contributed by atoms with Crippen molar-refractivity contribution in [2.45, 2.75) is 186 Å². The van der Waals surface area contributed by atoms with E-state index in [9.17, 15) is 2.74 Å². The van der Waals surface area contributed by atoms with Gasteiger partial charge in [0.05, 0.1) is 33.4 Å². The van der Waals surface area contributed by atoms with E-state index in [2.05, 4.69) is 431 Å². The smallest absolute Gasteiger partial charge is 0.252 e. The highest BCUT2D eigenvalue weighted by molar-refractivity contribution is 7.00. The lowest BCUT2D eigenvalue weighted by atomic mass is 9.33. The average Bonchev–Trinajstić information content (AvgIpc) is 0.928. The number of rotatable bonds is 11. The Morgan fingerprint density at radius 1 is 0.272 bits per heavy atom. The number of hydrogen-bond acceptors (Lipinski definition) is 2. The predicted octanol–water partition coefficient (Wildman–Crippen LogP) is 28.6. The summed E-state index contributed by atoms with van der Waals surface area (Å²) >= 11 is 0. The molecular weight excluding hydrogens is 1380 g/mol. The van der Waals surface area contributed by atoms with Gasteiger partial charge in [-0.05, 0) is 220 Å². The number of para-hydroxylation sites is 4. The van der Waals surface area contributed by atoms with E-state index in [1.807, 2.05) is 0 Å². The quantitative estimate of drug-likeness (QED) is 0.120. The molecule has 0 fully saturated rings. The maximum Gasteiger partial charge on any atom is 0.252 e. The fourth-order valence-corrected chi connectivity index (χ4v) is 18.4. The monoisotopic (exact) mass is 1490 g/mol. The molecule has 15 aromatic rings. The van der Waals surface area contributed by atoms with Crippen molar-refractivity contribution in [3.63, 3.8) is 0 Å². The molecule has 0 saturated heterocycles. The zero-order valence-corrected chi connectivity index (χ0v) is 71.2. The van der Waals surface area contributed by atoms with E-state index in [0.717, 1.165) is 141 Å². The second-order valence-electron chi connectivity index (χ2n) is 40.5. The Labute approximate surface area is 682 Å². The minimum absolute atomic E-state index is 0.0757. The van der Waals surface area contributed by atoms with E-state index in [-0.39, 0.29) is 32.5 Å². The Morgan fingerprint density at radius 3 is 0.833 bits per heavy atom. The molecule has 572 valence electrons. The van der Waals surface area contributed by atoms with Gasteiger partial charge in [-0.3, -0.25) is 0 Å². The first-order valence-corrected chi connectivity index (χ1v) is 41.5. The molecule has 0 spiro atoms. The molecule has 2 aliphatic rings. The summed E-state index contributed by atoms with van der Waals surface area (Å²) in [5, 5.41) is 4.77. The van der Waals surface area contributed by atoms with Crippen LogP contribution in [0.25, 0.3) is 99.5 Å². The summed E-state index contributed by atoms with van der Waals surface area (Å²) in [4.78, 5) is 5.32. The van der Waals surface area contributed by atoms with Crippen LogP contribution in [0.3, 0.4) is 0 Å². The van der Waals surface area contributed by atoms with E-state index in [1.54, 1.807) is 0 Å². The summed E-state index contributed by atoms with van der Waals surface area (Å²) in [5.74, 6) is 0. The van der Waals surface area contributed by atoms with Crippen molar-refractivity contribution >= 4 is 101 Å². The molecule has 114 heavy (non-hydrogen) atoms. The lowest BCUT2D eigenvalue weighted by Crippen LogP contribution is -2.61. The van der Waals surface area contributed by atoms with E-state index < -0.39 is 18.5 Å². The first-order chi connectivity index (χ1) is 54.7. The van der Waals surface area contributed by atoms with Gasteiger partial charge in [-0.2, -0.15) is 0 Å². The molecule has 0 amide bonds. The van der Waals surface area contributed by atoms with Crippen LogP contribution in [0, 0.1) is 16.2 Å². The number of aromatic nitrogens is 2. The molecule has 0 aliphatic carbocycles. The van der Waals surface area contributed by atoms with E-state index >= 15 is 0 Å². The summed E-state index contributed by atoms with van der Waals surface area (Å²) in [6.45, 7) is 48.0. The second kappa shape index (κ2) is 27.4. The van der Waals surface area contributed by atoms with Crippen molar-refractivity contribution in [1.29, 1.82) is 0 Å². The fourth-order valence-electron chi connectivity index (χ4n) is 18.4. The molecule has 0 radical (unpaired) electrons. The first kappa shape index (κ1) is 73.3. The minimum atomic E-state index is -1.92. The van der Waals surface area contributed by atoms with Crippen molar-refractivity contribution in [1.82, 2.24) is 9.13 Å². The number of benzene rings is 13. The van der Waals surface area contributed by atoms with E-state index in [4.69, 9.17) is 0 Å². The topological polar surface area (TPSA) is 16.3 Å². The third-order valence-electron chi connectivity index (χ3n) is 23.6. The van der Waals surface area contributed by atoms with Crippen molar-refractivity contribution in [3.8, 4) is 55.9 Å². The molecular formula is C109H113BN4. The highest BCUT2D eigenvalue weighted by Crippen LogP contribution is 2.56. The molecule has 0 unspecified atom stereocenters. The van der Waals surface area contributed by atoms with Crippen molar-refractivity contribution < 1.29 is 2.74 Å². The van der Waals surface area contributed by atoms with Crippen LogP contribution in [0.2, 0.25) is 0 Å². The molecule has 0 atom stereocenters. The Bertz CT molecular complexity index is 5810. The molecule has 0 bridgehead atoms. The van der Waals surface area contributed by atoms with Gasteiger partial charge < -0.3 is 18.9 Å². The highest BCUT2D eigenvalue weighted by atomic mass is 15.2. The van der Waals surface area contributed by atoms with Crippen molar-refractivity contribution in [3.05, 3.63) is 306 Å². The lowest BCUT2D eigenvalue weighted by Gasteiger charge is -2.46. The molecule has 2 aliphatic heterocycles.